The van der Waals surface area contributed by atoms with Gasteiger partial charge in [-0.05, 0) is 6.92 Å². The molecule has 4 nitrogen and oxygen atoms in total. The molecule has 0 atom stereocenters. The minimum absolute atomic E-state index is 0.0737. The van der Waals surface area contributed by atoms with Crippen LogP contribution >= 0.6 is 0 Å². The highest BCUT2D eigenvalue weighted by atomic mass is 16.6. The summed E-state index contributed by atoms with van der Waals surface area (Å²) in [4.78, 5) is 14.9. The summed E-state index contributed by atoms with van der Waals surface area (Å²) in [6, 6.07) is 0. The zero-order valence-corrected chi connectivity index (χ0v) is 5.39. The van der Waals surface area contributed by atoms with Crippen LogP contribution in [-0.2, 0) is 9.63 Å². The molecule has 9 heavy (non-hydrogen) atoms. The predicted octanol–water partition coefficient (Wildman–Crippen LogP) is -0.911. The van der Waals surface area contributed by atoms with Crippen molar-refractivity contribution in [1.29, 1.82) is 0 Å². The second-order valence-corrected chi connectivity index (χ2v) is 1.45. The second-order valence-electron chi connectivity index (χ2n) is 1.45. The summed E-state index contributed by atoms with van der Waals surface area (Å²) >= 11 is 0. The lowest BCUT2D eigenvalue weighted by Gasteiger charge is -1.98. The summed E-state index contributed by atoms with van der Waals surface area (Å²) in [7, 11) is 0. The molecule has 54 valence electrons. The summed E-state index contributed by atoms with van der Waals surface area (Å²) in [5.41, 5.74) is 2.38. The fourth-order valence-corrected chi connectivity index (χ4v) is 0.289. The van der Waals surface area contributed by atoms with Gasteiger partial charge < -0.3 is 9.94 Å². The highest BCUT2D eigenvalue weighted by Crippen LogP contribution is 1.67. The number of aliphatic hydroxyl groups is 1. The minimum Gasteiger partial charge on any atom is -0.389 e. The first-order valence-electron chi connectivity index (χ1n) is 2.78. The van der Waals surface area contributed by atoms with Crippen molar-refractivity contribution in [3.63, 3.8) is 0 Å². The Morgan fingerprint density at radius 3 is 2.89 bits per heavy atom. The number of carbonyl (C=O) groups excluding carboxylic acids is 1. The molecule has 0 radical (unpaired) electrons. The number of aliphatic hydroxyl groups excluding tert-OH is 1. The van der Waals surface area contributed by atoms with Gasteiger partial charge in [0.15, 0.2) is 5.78 Å². The molecule has 0 aliphatic heterocycles. The minimum atomic E-state index is -0.430. The number of rotatable bonds is 5. The van der Waals surface area contributed by atoms with E-state index in [-0.39, 0.29) is 12.3 Å². The molecule has 2 N–H and O–H groups in total. The molecule has 0 unspecified atom stereocenters. The smallest absolute Gasteiger partial charge is 0.174 e. The van der Waals surface area contributed by atoms with Gasteiger partial charge in [0.25, 0.3) is 0 Å². The van der Waals surface area contributed by atoms with Gasteiger partial charge in [0, 0.05) is 0 Å². The molecule has 0 saturated heterocycles. The maximum Gasteiger partial charge on any atom is 0.174 e. The second kappa shape index (κ2) is 5.68. The summed E-state index contributed by atoms with van der Waals surface area (Å²) in [5.74, 6) is -0.275. The maximum absolute atomic E-state index is 10.3. The number of hydroxylamine groups is 1. The summed E-state index contributed by atoms with van der Waals surface area (Å²) in [6.45, 7) is 1.96. The first kappa shape index (κ1) is 8.55. The van der Waals surface area contributed by atoms with Gasteiger partial charge in [-0.25, -0.2) is 0 Å². The fourth-order valence-electron chi connectivity index (χ4n) is 0.289. The van der Waals surface area contributed by atoms with Crippen LogP contribution in [0.5, 0.6) is 0 Å². The SMILES string of the molecule is CCONCC(=O)CO. The molecule has 0 fully saturated rings. The summed E-state index contributed by atoms with van der Waals surface area (Å²) in [5, 5.41) is 8.19. The third-order valence-electron chi connectivity index (χ3n) is 0.692. The van der Waals surface area contributed by atoms with E-state index in [0.29, 0.717) is 6.61 Å². The van der Waals surface area contributed by atoms with Crippen LogP contribution in [-0.4, -0.2) is 30.6 Å². The molecule has 0 bridgehead atoms. The van der Waals surface area contributed by atoms with Crippen molar-refractivity contribution in [3.8, 4) is 0 Å². The Labute approximate surface area is 53.8 Å². The van der Waals surface area contributed by atoms with Gasteiger partial charge >= 0.3 is 0 Å². The van der Waals surface area contributed by atoms with Crippen LogP contribution in [0.1, 0.15) is 6.92 Å². The number of nitrogens with one attached hydrogen (secondary N) is 1. The molecule has 0 amide bonds. The van der Waals surface area contributed by atoms with Gasteiger partial charge in [-0.15, -0.1) is 0 Å². The zero-order chi connectivity index (χ0) is 7.11. The van der Waals surface area contributed by atoms with Crippen LogP contribution in [0.4, 0.5) is 0 Å². The molecule has 0 rings (SSSR count). The Balaban J connectivity index is 2.97. The molecular weight excluding hydrogens is 122 g/mol. The number of carbonyl (C=O) groups is 1. The van der Waals surface area contributed by atoms with Gasteiger partial charge in [0.2, 0.25) is 0 Å². The molecular formula is C5H11NO3. The fraction of sp³-hybridized carbons (Fsp3) is 0.800. The average Bonchev–Trinajstić information content (AvgIpc) is 1.89. The van der Waals surface area contributed by atoms with Crippen LogP contribution in [0, 0.1) is 0 Å². The van der Waals surface area contributed by atoms with Crippen molar-refractivity contribution in [2.75, 3.05) is 19.8 Å². The Kier molecular flexibility index (Phi) is 5.40. The van der Waals surface area contributed by atoms with Crippen LogP contribution in [0.25, 0.3) is 0 Å². The molecule has 0 aromatic rings. The van der Waals surface area contributed by atoms with Gasteiger partial charge in [-0.2, -0.15) is 5.48 Å². The van der Waals surface area contributed by atoms with Gasteiger partial charge in [0.1, 0.15) is 6.61 Å². The predicted molar refractivity (Wildman–Crippen MR) is 31.7 cm³/mol. The molecule has 0 heterocycles. The number of ketones is 1. The normalized spacial score (nSPS) is 9.56. The van der Waals surface area contributed by atoms with E-state index in [4.69, 9.17) is 5.11 Å². The standard InChI is InChI=1S/C5H11NO3/c1-2-9-6-3-5(8)4-7/h6-7H,2-4H2,1H3. The van der Waals surface area contributed by atoms with E-state index in [1.54, 1.807) is 6.92 Å². The van der Waals surface area contributed by atoms with E-state index in [2.05, 4.69) is 10.3 Å². The monoisotopic (exact) mass is 133 g/mol. The van der Waals surface area contributed by atoms with Gasteiger partial charge in [-0.1, -0.05) is 0 Å². The zero-order valence-electron chi connectivity index (χ0n) is 5.39. The van der Waals surface area contributed by atoms with Crippen molar-refractivity contribution in [2.45, 2.75) is 6.92 Å². The third kappa shape index (κ3) is 5.42. The lowest BCUT2D eigenvalue weighted by atomic mass is 10.4. The topological polar surface area (TPSA) is 58.6 Å². The molecule has 0 aliphatic carbocycles. The molecule has 0 spiro atoms. The Hall–Kier alpha value is -0.450. The summed E-state index contributed by atoms with van der Waals surface area (Å²) < 4.78 is 0. The van der Waals surface area contributed by atoms with Crippen molar-refractivity contribution in [1.82, 2.24) is 5.48 Å². The molecule has 0 aliphatic rings. The van der Waals surface area contributed by atoms with E-state index in [1.807, 2.05) is 0 Å². The van der Waals surface area contributed by atoms with E-state index >= 15 is 0 Å². The van der Waals surface area contributed by atoms with Crippen molar-refractivity contribution >= 4 is 5.78 Å². The number of hydrogen-bond acceptors (Lipinski definition) is 4. The Morgan fingerprint density at radius 2 is 2.44 bits per heavy atom. The lowest BCUT2D eigenvalue weighted by molar-refractivity contribution is -0.123. The molecule has 0 aromatic heterocycles. The Morgan fingerprint density at radius 1 is 1.78 bits per heavy atom. The molecule has 0 aromatic carbocycles. The average molecular weight is 133 g/mol. The third-order valence-corrected chi connectivity index (χ3v) is 0.692. The highest BCUT2D eigenvalue weighted by molar-refractivity contribution is 5.81. The first-order chi connectivity index (χ1) is 4.31. The molecule has 4 heteroatoms. The van der Waals surface area contributed by atoms with Crippen LogP contribution < -0.4 is 5.48 Å². The van der Waals surface area contributed by atoms with Gasteiger partial charge in [0.05, 0.1) is 13.2 Å². The van der Waals surface area contributed by atoms with E-state index in [1.165, 1.54) is 0 Å². The van der Waals surface area contributed by atoms with Crippen molar-refractivity contribution in [2.24, 2.45) is 0 Å². The number of Topliss-reactive ketones (excluding diaryl/α,β-unsaturated/α-hetero) is 1. The van der Waals surface area contributed by atoms with Gasteiger partial charge in [-0.3, -0.25) is 4.79 Å². The van der Waals surface area contributed by atoms with E-state index in [9.17, 15) is 4.79 Å². The quantitative estimate of drug-likeness (QED) is 0.376. The van der Waals surface area contributed by atoms with Crippen LogP contribution in [0.3, 0.4) is 0 Å². The van der Waals surface area contributed by atoms with Crippen molar-refractivity contribution < 1.29 is 14.7 Å². The largest absolute Gasteiger partial charge is 0.389 e. The van der Waals surface area contributed by atoms with E-state index in [0.717, 1.165) is 0 Å². The number of hydrogen-bond donors (Lipinski definition) is 2. The lowest BCUT2D eigenvalue weighted by Crippen LogP contribution is -2.25. The van der Waals surface area contributed by atoms with Crippen LogP contribution in [0.2, 0.25) is 0 Å². The summed E-state index contributed by atoms with van der Waals surface area (Å²) in [6.07, 6.45) is 0. The highest BCUT2D eigenvalue weighted by Gasteiger charge is 1.95. The first-order valence-corrected chi connectivity index (χ1v) is 2.78. The Bertz CT molecular complexity index is 84.3. The van der Waals surface area contributed by atoms with E-state index < -0.39 is 6.61 Å². The molecule has 0 saturated carbocycles. The van der Waals surface area contributed by atoms with Crippen LogP contribution in [0.15, 0.2) is 0 Å². The van der Waals surface area contributed by atoms with Crippen molar-refractivity contribution in [3.05, 3.63) is 0 Å². The maximum atomic E-state index is 10.3.